The van der Waals surface area contributed by atoms with Crippen molar-refractivity contribution in [1.82, 2.24) is 9.78 Å². The first-order chi connectivity index (χ1) is 12.2. The van der Waals surface area contributed by atoms with Gasteiger partial charge in [0.25, 0.3) is 5.69 Å². The number of anilines is 1. The predicted molar refractivity (Wildman–Crippen MR) is 107 cm³/mol. The van der Waals surface area contributed by atoms with Gasteiger partial charge in [-0.3, -0.25) is 14.8 Å². The van der Waals surface area contributed by atoms with Gasteiger partial charge < -0.3 is 5.32 Å². The van der Waals surface area contributed by atoms with Crippen LogP contribution in [0.2, 0.25) is 0 Å². The summed E-state index contributed by atoms with van der Waals surface area (Å²) in [7, 11) is 1.88. The van der Waals surface area contributed by atoms with E-state index in [0.717, 1.165) is 35.5 Å². The van der Waals surface area contributed by atoms with Crippen LogP contribution in [0, 0.1) is 10.1 Å². The fraction of sp³-hybridized carbons (Fsp3) is 0.550. The Morgan fingerprint density at radius 2 is 1.96 bits per heavy atom. The van der Waals surface area contributed by atoms with Gasteiger partial charge in [0.2, 0.25) is 0 Å². The number of aromatic nitrogens is 2. The molecular formula is C20H30N4O2. The standard InChI is InChI=1S/C20H30N4O2/c1-6-7-8-9-12-21-18-11-10-15(24(25)26)13-16(18)19-17(20(2,3)4)14-23(5)22-19/h10-11,13-14,21H,6-9,12H2,1-5H3. The Hall–Kier alpha value is -2.37. The zero-order chi connectivity index (χ0) is 19.3. The van der Waals surface area contributed by atoms with Crippen molar-refractivity contribution in [1.29, 1.82) is 0 Å². The van der Waals surface area contributed by atoms with Gasteiger partial charge in [-0.1, -0.05) is 47.0 Å². The second kappa shape index (κ2) is 8.34. The van der Waals surface area contributed by atoms with Gasteiger partial charge in [0.05, 0.1) is 10.6 Å². The van der Waals surface area contributed by atoms with Crippen molar-refractivity contribution in [2.45, 2.75) is 58.8 Å². The quantitative estimate of drug-likeness (QED) is 0.395. The van der Waals surface area contributed by atoms with Crippen LogP contribution in [0.4, 0.5) is 11.4 Å². The van der Waals surface area contributed by atoms with Gasteiger partial charge in [0, 0.05) is 48.7 Å². The highest BCUT2D eigenvalue weighted by molar-refractivity contribution is 5.80. The molecule has 2 aromatic rings. The molecule has 1 aromatic carbocycles. The lowest BCUT2D eigenvalue weighted by molar-refractivity contribution is -0.384. The summed E-state index contributed by atoms with van der Waals surface area (Å²) < 4.78 is 1.78. The van der Waals surface area contributed by atoms with Crippen LogP contribution in [-0.2, 0) is 12.5 Å². The zero-order valence-corrected chi connectivity index (χ0v) is 16.5. The number of hydrogen-bond donors (Lipinski definition) is 1. The van der Waals surface area contributed by atoms with Crippen molar-refractivity contribution in [2.24, 2.45) is 7.05 Å². The van der Waals surface area contributed by atoms with E-state index in [2.05, 4.69) is 38.1 Å². The first-order valence-electron chi connectivity index (χ1n) is 9.31. The summed E-state index contributed by atoms with van der Waals surface area (Å²) in [6.45, 7) is 9.42. The van der Waals surface area contributed by atoms with Crippen LogP contribution in [0.3, 0.4) is 0 Å². The van der Waals surface area contributed by atoms with Crippen molar-refractivity contribution in [3.05, 3.63) is 40.1 Å². The lowest BCUT2D eigenvalue weighted by Gasteiger charge is -2.19. The van der Waals surface area contributed by atoms with Gasteiger partial charge in [-0.2, -0.15) is 5.10 Å². The molecule has 6 heteroatoms. The molecule has 1 aromatic heterocycles. The third-order valence-corrected chi connectivity index (χ3v) is 4.45. The van der Waals surface area contributed by atoms with E-state index < -0.39 is 0 Å². The van der Waals surface area contributed by atoms with E-state index in [1.807, 2.05) is 13.2 Å². The first-order valence-corrected chi connectivity index (χ1v) is 9.31. The van der Waals surface area contributed by atoms with Crippen molar-refractivity contribution < 1.29 is 4.92 Å². The number of non-ortho nitro benzene ring substituents is 1. The van der Waals surface area contributed by atoms with Crippen molar-refractivity contribution >= 4 is 11.4 Å². The summed E-state index contributed by atoms with van der Waals surface area (Å²) >= 11 is 0. The number of aryl methyl sites for hydroxylation is 1. The number of unbranched alkanes of at least 4 members (excludes halogenated alkanes) is 3. The lowest BCUT2D eigenvalue weighted by Crippen LogP contribution is -2.12. The minimum absolute atomic E-state index is 0.0852. The van der Waals surface area contributed by atoms with Gasteiger partial charge in [-0.25, -0.2) is 0 Å². The van der Waals surface area contributed by atoms with Crippen LogP contribution in [0.15, 0.2) is 24.4 Å². The van der Waals surface area contributed by atoms with Crippen molar-refractivity contribution in [3.8, 4) is 11.3 Å². The number of hydrogen-bond acceptors (Lipinski definition) is 4. The smallest absolute Gasteiger partial charge is 0.270 e. The first kappa shape index (κ1) is 19.9. The molecule has 0 fully saturated rings. The summed E-state index contributed by atoms with van der Waals surface area (Å²) in [4.78, 5) is 10.9. The molecule has 142 valence electrons. The van der Waals surface area contributed by atoms with Crippen LogP contribution < -0.4 is 5.32 Å². The maximum atomic E-state index is 11.3. The Morgan fingerprint density at radius 3 is 2.58 bits per heavy atom. The minimum atomic E-state index is -0.353. The lowest BCUT2D eigenvalue weighted by atomic mass is 9.85. The molecule has 1 N–H and O–H groups in total. The molecule has 0 aliphatic rings. The molecule has 6 nitrogen and oxygen atoms in total. The van der Waals surface area contributed by atoms with E-state index in [0.29, 0.717) is 0 Å². The summed E-state index contributed by atoms with van der Waals surface area (Å²) in [6, 6.07) is 4.98. The van der Waals surface area contributed by atoms with Gasteiger partial charge in [-0.05, 0) is 17.9 Å². The maximum absolute atomic E-state index is 11.3. The highest BCUT2D eigenvalue weighted by Crippen LogP contribution is 2.37. The molecule has 0 aliphatic carbocycles. The van der Waals surface area contributed by atoms with Crippen molar-refractivity contribution in [3.63, 3.8) is 0 Å². The SMILES string of the molecule is CCCCCCNc1ccc([N+](=O)[O-])cc1-c1nn(C)cc1C(C)(C)C. The molecule has 0 aliphatic heterocycles. The van der Waals surface area contributed by atoms with E-state index >= 15 is 0 Å². The molecule has 26 heavy (non-hydrogen) atoms. The minimum Gasteiger partial charge on any atom is -0.384 e. The molecule has 0 amide bonds. The second-order valence-electron chi connectivity index (χ2n) is 7.79. The highest BCUT2D eigenvalue weighted by Gasteiger charge is 2.25. The second-order valence-corrected chi connectivity index (χ2v) is 7.79. The molecule has 2 rings (SSSR count). The molecule has 0 atom stereocenters. The summed E-state index contributed by atoms with van der Waals surface area (Å²) in [6.07, 6.45) is 6.69. The van der Waals surface area contributed by atoms with Gasteiger partial charge in [0.1, 0.15) is 0 Å². The Kier molecular flexibility index (Phi) is 6.40. The molecule has 0 saturated carbocycles. The molecule has 0 saturated heterocycles. The number of nitro groups is 1. The van der Waals surface area contributed by atoms with Crippen molar-refractivity contribution in [2.75, 3.05) is 11.9 Å². The molecule has 0 unspecified atom stereocenters. The number of rotatable bonds is 8. The third kappa shape index (κ3) is 4.84. The molecular weight excluding hydrogens is 328 g/mol. The Bertz CT molecular complexity index is 760. The maximum Gasteiger partial charge on any atom is 0.270 e. The van der Waals surface area contributed by atoms with Crippen LogP contribution in [-0.4, -0.2) is 21.2 Å². The van der Waals surface area contributed by atoms with Gasteiger partial charge >= 0.3 is 0 Å². The van der Waals surface area contributed by atoms with Crippen LogP contribution >= 0.6 is 0 Å². The molecule has 1 heterocycles. The zero-order valence-electron chi connectivity index (χ0n) is 16.5. The Morgan fingerprint density at radius 1 is 1.23 bits per heavy atom. The number of nitrogens with one attached hydrogen (secondary N) is 1. The predicted octanol–water partition coefficient (Wildman–Crippen LogP) is 5.29. The van der Waals surface area contributed by atoms with Crippen LogP contribution in [0.5, 0.6) is 0 Å². The normalized spacial score (nSPS) is 11.6. The average Bonchev–Trinajstić information content (AvgIpc) is 2.96. The topological polar surface area (TPSA) is 73.0 Å². The molecule has 0 radical (unpaired) electrons. The number of nitrogens with zero attached hydrogens (tertiary/aromatic N) is 3. The fourth-order valence-electron chi connectivity index (χ4n) is 3.01. The average molecular weight is 358 g/mol. The Balaban J connectivity index is 2.41. The van der Waals surface area contributed by atoms with E-state index in [1.54, 1.807) is 22.9 Å². The fourth-order valence-corrected chi connectivity index (χ4v) is 3.01. The molecule has 0 spiro atoms. The van der Waals surface area contributed by atoms with E-state index in [1.165, 1.54) is 19.3 Å². The van der Waals surface area contributed by atoms with E-state index in [-0.39, 0.29) is 16.0 Å². The van der Waals surface area contributed by atoms with Gasteiger partial charge in [0.15, 0.2) is 0 Å². The summed E-state index contributed by atoms with van der Waals surface area (Å²) in [5.74, 6) is 0. The summed E-state index contributed by atoms with van der Waals surface area (Å²) in [5, 5.41) is 19.3. The van der Waals surface area contributed by atoms with Crippen LogP contribution in [0.1, 0.15) is 58.9 Å². The summed E-state index contributed by atoms with van der Waals surface area (Å²) in [5.41, 5.74) is 3.56. The van der Waals surface area contributed by atoms with Gasteiger partial charge in [-0.15, -0.1) is 0 Å². The number of nitro benzene ring substituents is 1. The third-order valence-electron chi connectivity index (χ3n) is 4.45. The Labute approximate surface area is 155 Å². The van der Waals surface area contributed by atoms with E-state index in [4.69, 9.17) is 0 Å². The van der Waals surface area contributed by atoms with E-state index in [9.17, 15) is 10.1 Å². The van der Waals surface area contributed by atoms with Crippen LogP contribution in [0.25, 0.3) is 11.3 Å². The number of benzene rings is 1. The monoisotopic (exact) mass is 358 g/mol. The largest absolute Gasteiger partial charge is 0.384 e. The highest BCUT2D eigenvalue weighted by atomic mass is 16.6. The molecule has 0 bridgehead atoms.